The lowest BCUT2D eigenvalue weighted by molar-refractivity contribution is 0.167. The minimum Gasteiger partial charge on any atom is -0.486 e. The quantitative estimate of drug-likeness (QED) is 0.635. The van der Waals surface area contributed by atoms with Crippen LogP contribution in [0.2, 0.25) is 0 Å². The Hall–Kier alpha value is -1.26. The molecule has 3 rings (SSSR count). The number of rotatable bonds is 3. The summed E-state index contributed by atoms with van der Waals surface area (Å²) in [5.74, 6) is 8.09. The highest BCUT2D eigenvalue weighted by atomic mass is 16.6. The summed E-state index contributed by atoms with van der Waals surface area (Å²) in [7, 11) is 0. The maximum absolute atomic E-state index is 5.78. The van der Waals surface area contributed by atoms with Crippen LogP contribution in [0.3, 0.4) is 0 Å². The molecule has 2 aliphatic rings. The molecule has 0 spiro atoms. The zero-order valence-electron chi connectivity index (χ0n) is 10.5. The molecule has 18 heavy (non-hydrogen) atoms. The van der Waals surface area contributed by atoms with Crippen LogP contribution in [0.1, 0.15) is 37.3 Å². The molecule has 1 saturated carbocycles. The molecule has 3 N–H and O–H groups in total. The van der Waals surface area contributed by atoms with Crippen LogP contribution in [0.15, 0.2) is 18.2 Å². The van der Waals surface area contributed by atoms with Crippen LogP contribution in [-0.2, 0) is 0 Å². The number of para-hydroxylation sites is 1. The van der Waals surface area contributed by atoms with Gasteiger partial charge in [-0.25, -0.2) is 0 Å². The zero-order chi connectivity index (χ0) is 12.4. The minimum atomic E-state index is 0.171. The number of nitrogens with one attached hydrogen (secondary N) is 1. The summed E-state index contributed by atoms with van der Waals surface area (Å²) < 4.78 is 11.4. The van der Waals surface area contributed by atoms with Gasteiger partial charge in [0.1, 0.15) is 13.2 Å². The highest BCUT2D eigenvalue weighted by Gasteiger charge is 2.29. The lowest BCUT2D eigenvalue weighted by Crippen LogP contribution is -2.33. The van der Waals surface area contributed by atoms with E-state index >= 15 is 0 Å². The van der Waals surface area contributed by atoms with Gasteiger partial charge in [-0.2, -0.15) is 0 Å². The standard InChI is InChI=1S/C14H20N2O2/c15-16-13(10-4-1-2-5-10)11-6-3-7-12-14(11)18-9-8-17-12/h3,6-7,10,13,16H,1-2,4-5,8-9,15H2. The number of benzene rings is 1. The van der Waals surface area contributed by atoms with E-state index in [-0.39, 0.29) is 6.04 Å². The van der Waals surface area contributed by atoms with E-state index in [9.17, 15) is 0 Å². The molecule has 1 atom stereocenters. The Morgan fingerprint density at radius 3 is 2.72 bits per heavy atom. The van der Waals surface area contributed by atoms with Gasteiger partial charge in [-0.15, -0.1) is 0 Å². The smallest absolute Gasteiger partial charge is 0.166 e. The third kappa shape index (κ3) is 2.06. The van der Waals surface area contributed by atoms with E-state index in [1.165, 1.54) is 25.7 Å². The van der Waals surface area contributed by atoms with Crippen molar-refractivity contribution in [2.45, 2.75) is 31.7 Å². The summed E-state index contributed by atoms with van der Waals surface area (Å²) in [4.78, 5) is 0. The maximum atomic E-state index is 5.78. The van der Waals surface area contributed by atoms with Crippen LogP contribution < -0.4 is 20.7 Å². The third-order valence-electron chi connectivity index (χ3n) is 3.98. The highest BCUT2D eigenvalue weighted by molar-refractivity contribution is 5.49. The van der Waals surface area contributed by atoms with E-state index in [0.717, 1.165) is 17.1 Å². The van der Waals surface area contributed by atoms with Crippen molar-refractivity contribution < 1.29 is 9.47 Å². The van der Waals surface area contributed by atoms with E-state index in [2.05, 4.69) is 11.5 Å². The Morgan fingerprint density at radius 2 is 1.94 bits per heavy atom. The molecule has 1 fully saturated rings. The van der Waals surface area contributed by atoms with Crippen LogP contribution in [0, 0.1) is 5.92 Å². The van der Waals surface area contributed by atoms with Crippen molar-refractivity contribution in [2.24, 2.45) is 11.8 Å². The molecule has 4 nitrogen and oxygen atoms in total. The van der Waals surface area contributed by atoms with E-state index in [1.54, 1.807) is 0 Å². The van der Waals surface area contributed by atoms with Gasteiger partial charge in [0, 0.05) is 5.56 Å². The largest absolute Gasteiger partial charge is 0.486 e. The Bertz CT molecular complexity index is 416. The molecule has 0 radical (unpaired) electrons. The van der Waals surface area contributed by atoms with Gasteiger partial charge >= 0.3 is 0 Å². The number of ether oxygens (including phenoxy) is 2. The first-order valence-electron chi connectivity index (χ1n) is 6.75. The molecule has 1 aliphatic heterocycles. The molecule has 0 saturated heterocycles. The topological polar surface area (TPSA) is 56.5 Å². The fourth-order valence-corrected chi connectivity index (χ4v) is 3.11. The van der Waals surface area contributed by atoms with Gasteiger partial charge < -0.3 is 9.47 Å². The SMILES string of the molecule is NNC(c1cccc2c1OCCO2)C1CCCC1. The predicted octanol–water partition coefficient (Wildman–Crippen LogP) is 2.15. The molecular weight excluding hydrogens is 228 g/mol. The Balaban J connectivity index is 1.93. The van der Waals surface area contributed by atoms with Gasteiger partial charge in [0.05, 0.1) is 6.04 Å². The van der Waals surface area contributed by atoms with Gasteiger partial charge in [0.2, 0.25) is 0 Å². The van der Waals surface area contributed by atoms with Crippen molar-refractivity contribution in [1.82, 2.24) is 5.43 Å². The predicted molar refractivity (Wildman–Crippen MR) is 69.5 cm³/mol. The molecule has 1 unspecified atom stereocenters. The molecule has 98 valence electrons. The Labute approximate surface area is 107 Å². The van der Waals surface area contributed by atoms with Gasteiger partial charge in [-0.1, -0.05) is 25.0 Å². The van der Waals surface area contributed by atoms with Gasteiger partial charge in [-0.3, -0.25) is 11.3 Å². The fraction of sp³-hybridized carbons (Fsp3) is 0.571. The Kier molecular flexibility index (Phi) is 3.39. The highest BCUT2D eigenvalue weighted by Crippen LogP contribution is 2.42. The van der Waals surface area contributed by atoms with Crippen molar-refractivity contribution in [1.29, 1.82) is 0 Å². The lowest BCUT2D eigenvalue weighted by Gasteiger charge is -2.28. The zero-order valence-corrected chi connectivity index (χ0v) is 10.5. The van der Waals surface area contributed by atoms with E-state index in [4.69, 9.17) is 15.3 Å². The second-order valence-corrected chi connectivity index (χ2v) is 5.06. The van der Waals surface area contributed by atoms with Crippen LogP contribution in [0.25, 0.3) is 0 Å². The first kappa shape index (κ1) is 11.8. The summed E-state index contributed by atoms with van der Waals surface area (Å²) in [6, 6.07) is 6.24. The second-order valence-electron chi connectivity index (χ2n) is 5.06. The molecular formula is C14H20N2O2. The summed E-state index contributed by atoms with van der Waals surface area (Å²) >= 11 is 0. The number of hydrazine groups is 1. The van der Waals surface area contributed by atoms with Crippen LogP contribution in [0.4, 0.5) is 0 Å². The average molecular weight is 248 g/mol. The van der Waals surface area contributed by atoms with Crippen LogP contribution >= 0.6 is 0 Å². The van der Waals surface area contributed by atoms with E-state index in [1.807, 2.05) is 12.1 Å². The minimum absolute atomic E-state index is 0.171. The molecule has 1 aromatic carbocycles. The second kappa shape index (κ2) is 5.16. The number of hydrogen-bond donors (Lipinski definition) is 2. The van der Waals surface area contributed by atoms with Crippen LogP contribution in [-0.4, -0.2) is 13.2 Å². The van der Waals surface area contributed by atoms with Gasteiger partial charge in [-0.05, 0) is 24.8 Å². The average Bonchev–Trinajstić information content (AvgIpc) is 2.94. The lowest BCUT2D eigenvalue weighted by atomic mass is 9.91. The molecule has 0 amide bonds. The van der Waals surface area contributed by atoms with E-state index in [0.29, 0.717) is 19.1 Å². The summed E-state index contributed by atoms with van der Waals surface area (Å²) in [5.41, 5.74) is 4.12. The summed E-state index contributed by atoms with van der Waals surface area (Å²) in [6.45, 7) is 1.24. The fourth-order valence-electron chi connectivity index (χ4n) is 3.11. The molecule has 1 heterocycles. The molecule has 0 bridgehead atoms. The number of hydrogen-bond acceptors (Lipinski definition) is 4. The summed E-state index contributed by atoms with van der Waals surface area (Å²) in [6.07, 6.45) is 5.07. The van der Waals surface area contributed by atoms with Crippen LogP contribution in [0.5, 0.6) is 11.5 Å². The Morgan fingerprint density at radius 1 is 1.17 bits per heavy atom. The van der Waals surface area contributed by atoms with Crippen molar-refractivity contribution in [3.05, 3.63) is 23.8 Å². The third-order valence-corrected chi connectivity index (χ3v) is 3.98. The maximum Gasteiger partial charge on any atom is 0.166 e. The summed E-state index contributed by atoms with van der Waals surface area (Å²) in [5, 5.41) is 0. The molecule has 1 aromatic rings. The van der Waals surface area contributed by atoms with E-state index < -0.39 is 0 Å². The number of nitrogens with two attached hydrogens (primary N) is 1. The first-order valence-corrected chi connectivity index (χ1v) is 6.75. The van der Waals surface area contributed by atoms with Gasteiger partial charge in [0.25, 0.3) is 0 Å². The van der Waals surface area contributed by atoms with Crippen molar-refractivity contribution >= 4 is 0 Å². The molecule has 4 heteroatoms. The molecule has 0 aromatic heterocycles. The number of fused-ring (bicyclic) bond motifs is 1. The molecule has 1 aliphatic carbocycles. The van der Waals surface area contributed by atoms with Crippen molar-refractivity contribution in [3.8, 4) is 11.5 Å². The monoisotopic (exact) mass is 248 g/mol. The van der Waals surface area contributed by atoms with Gasteiger partial charge in [0.15, 0.2) is 11.5 Å². The normalized spacial score (nSPS) is 20.9. The van der Waals surface area contributed by atoms with Crippen molar-refractivity contribution in [2.75, 3.05) is 13.2 Å². The van der Waals surface area contributed by atoms with Crippen molar-refractivity contribution in [3.63, 3.8) is 0 Å². The first-order chi connectivity index (χ1) is 8.90.